The van der Waals surface area contributed by atoms with Crippen molar-refractivity contribution in [3.63, 3.8) is 0 Å². The highest BCUT2D eigenvalue weighted by Crippen LogP contribution is 2.27. The van der Waals surface area contributed by atoms with Crippen LogP contribution in [0.2, 0.25) is 5.02 Å². The highest BCUT2D eigenvalue weighted by Gasteiger charge is 2.15. The fourth-order valence-electron chi connectivity index (χ4n) is 2.84. The lowest BCUT2D eigenvalue weighted by molar-refractivity contribution is -0.128. The lowest BCUT2D eigenvalue weighted by Gasteiger charge is -2.21. The van der Waals surface area contributed by atoms with E-state index in [0.717, 1.165) is 12.0 Å². The molecule has 1 aromatic carbocycles. The topological polar surface area (TPSA) is 58.2 Å². The second-order valence-electron chi connectivity index (χ2n) is 5.94. The first-order valence-corrected chi connectivity index (χ1v) is 8.33. The molecule has 2 amide bonds. The van der Waals surface area contributed by atoms with Crippen molar-refractivity contribution in [3.05, 3.63) is 34.9 Å². The third kappa shape index (κ3) is 6.06. The van der Waals surface area contributed by atoms with Crippen LogP contribution in [0, 0.1) is 5.92 Å². The summed E-state index contributed by atoms with van der Waals surface area (Å²) in [5.41, 5.74) is 5.81. The molecule has 2 rings (SSSR count). The summed E-state index contributed by atoms with van der Waals surface area (Å²) in [5, 5.41) is 0.639. The molecule has 1 aliphatic carbocycles. The van der Waals surface area contributed by atoms with Crippen LogP contribution in [0.3, 0.4) is 0 Å². The highest BCUT2D eigenvalue weighted by molar-refractivity contribution is 6.30. The Labute approximate surface area is 136 Å². The van der Waals surface area contributed by atoms with Crippen molar-refractivity contribution >= 4 is 23.4 Å². The van der Waals surface area contributed by atoms with E-state index in [2.05, 4.69) is 10.9 Å². The van der Waals surface area contributed by atoms with Crippen molar-refractivity contribution in [2.75, 3.05) is 0 Å². The third-order valence-corrected chi connectivity index (χ3v) is 4.38. The maximum atomic E-state index is 11.7. The molecular weight excluding hydrogens is 300 g/mol. The molecular formula is C17H23ClN2O2. The van der Waals surface area contributed by atoms with E-state index in [0.29, 0.717) is 17.4 Å². The van der Waals surface area contributed by atoms with E-state index < -0.39 is 0 Å². The lowest BCUT2D eigenvalue weighted by atomic mass is 9.86. The minimum atomic E-state index is -0.228. The van der Waals surface area contributed by atoms with Gasteiger partial charge in [0.2, 0.25) is 11.8 Å². The maximum absolute atomic E-state index is 11.7. The van der Waals surface area contributed by atoms with E-state index in [-0.39, 0.29) is 18.2 Å². The number of hydrogen-bond acceptors (Lipinski definition) is 2. The van der Waals surface area contributed by atoms with Gasteiger partial charge >= 0.3 is 0 Å². The third-order valence-electron chi connectivity index (χ3n) is 4.12. The summed E-state index contributed by atoms with van der Waals surface area (Å²) in [6.07, 6.45) is 7.97. The Balaban J connectivity index is 1.62. The van der Waals surface area contributed by atoms with Gasteiger partial charge in [0.05, 0.1) is 6.42 Å². The lowest BCUT2D eigenvalue weighted by Crippen LogP contribution is -2.42. The first kappa shape index (κ1) is 16.8. The number of benzene rings is 1. The molecule has 5 heteroatoms. The number of nitrogens with one attached hydrogen (secondary N) is 2. The van der Waals surface area contributed by atoms with Gasteiger partial charge in [-0.15, -0.1) is 0 Å². The highest BCUT2D eigenvalue weighted by atomic mass is 35.5. The summed E-state index contributed by atoms with van der Waals surface area (Å²) in [6.45, 7) is 0. The van der Waals surface area contributed by atoms with Gasteiger partial charge in [-0.3, -0.25) is 20.4 Å². The van der Waals surface area contributed by atoms with Crippen LogP contribution in [0.5, 0.6) is 0 Å². The average Bonchev–Trinajstić information content (AvgIpc) is 2.54. The van der Waals surface area contributed by atoms with E-state index in [1.807, 2.05) is 0 Å². The van der Waals surface area contributed by atoms with Gasteiger partial charge in [0, 0.05) is 11.4 Å². The summed E-state index contributed by atoms with van der Waals surface area (Å²) < 4.78 is 0. The first-order chi connectivity index (χ1) is 10.6. The number of amides is 2. The Morgan fingerprint density at radius 2 is 1.64 bits per heavy atom. The number of carbonyl (C=O) groups is 2. The fraction of sp³-hybridized carbons (Fsp3) is 0.529. The van der Waals surface area contributed by atoms with Crippen LogP contribution in [-0.2, 0) is 16.0 Å². The zero-order valence-corrected chi connectivity index (χ0v) is 13.5. The number of carbonyl (C=O) groups excluding carboxylic acids is 2. The standard InChI is InChI=1S/C17H23ClN2O2/c18-15-9-6-14(7-10-15)12-17(22)20-19-16(21)11-8-13-4-2-1-3-5-13/h6-7,9-10,13H,1-5,8,11-12H2,(H,19,21)(H,20,22). The second-order valence-corrected chi connectivity index (χ2v) is 6.38. The van der Waals surface area contributed by atoms with Gasteiger partial charge in [0.1, 0.15) is 0 Å². The number of halogens is 1. The zero-order valence-electron chi connectivity index (χ0n) is 12.7. The predicted molar refractivity (Wildman–Crippen MR) is 87.3 cm³/mol. The van der Waals surface area contributed by atoms with Crippen molar-refractivity contribution in [1.29, 1.82) is 0 Å². The molecule has 2 N–H and O–H groups in total. The van der Waals surface area contributed by atoms with Crippen LogP contribution >= 0.6 is 11.6 Å². The Morgan fingerprint density at radius 3 is 2.32 bits per heavy atom. The van der Waals surface area contributed by atoms with Crippen molar-refractivity contribution in [1.82, 2.24) is 10.9 Å². The van der Waals surface area contributed by atoms with Crippen LogP contribution < -0.4 is 10.9 Å². The van der Waals surface area contributed by atoms with E-state index in [1.165, 1.54) is 32.1 Å². The molecule has 1 aromatic rings. The Hall–Kier alpha value is -1.55. The summed E-state index contributed by atoms with van der Waals surface area (Å²) >= 11 is 5.79. The van der Waals surface area contributed by atoms with Gasteiger partial charge in [-0.2, -0.15) is 0 Å². The fourth-order valence-corrected chi connectivity index (χ4v) is 2.97. The van der Waals surface area contributed by atoms with Crippen LogP contribution in [0.1, 0.15) is 50.5 Å². The van der Waals surface area contributed by atoms with E-state index in [1.54, 1.807) is 24.3 Å². The smallest absolute Gasteiger partial charge is 0.242 e. The number of hydrazine groups is 1. The molecule has 4 nitrogen and oxygen atoms in total. The molecule has 0 heterocycles. The molecule has 0 aromatic heterocycles. The molecule has 0 radical (unpaired) electrons. The molecule has 120 valence electrons. The molecule has 0 unspecified atom stereocenters. The van der Waals surface area contributed by atoms with Crippen LogP contribution in [0.15, 0.2) is 24.3 Å². The van der Waals surface area contributed by atoms with Crippen LogP contribution in [0.25, 0.3) is 0 Å². The predicted octanol–water partition coefficient (Wildman–Crippen LogP) is 3.39. The van der Waals surface area contributed by atoms with Gasteiger partial charge < -0.3 is 0 Å². The minimum absolute atomic E-state index is 0.116. The summed E-state index contributed by atoms with van der Waals surface area (Å²) in [5.74, 6) is 0.327. The molecule has 0 aliphatic heterocycles. The second kappa shape index (κ2) is 8.79. The molecule has 1 aliphatic rings. The zero-order chi connectivity index (χ0) is 15.8. The van der Waals surface area contributed by atoms with Crippen LogP contribution in [0.4, 0.5) is 0 Å². The van der Waals surface area contributed by atoms with Gasteiger partial charge in [-0.25, -0.2) is 0 Å². The average molecular weight is 323 g/mol. The Bertz CT molecular complexity index is 496. The monoisotopic (exact) mass is 322 g/mol. The summed E-state index contributed by atoms with van der Waals surface area (Å²) in [6, 6.07) is 7.08. The summed E-state index contributed by atoms with van der Waals surface area (Å²) in [4.78, 5) is 23.5. The van der Waals surface area contributed by atoms with Crippen molar-refractivity contribution in [3.8, 4) is 0 Å². The van der Waals surface area contributed by atoms with Crippen molar-refractivity contribution < 1.29 is 9.59 Å². The largest absolute Gasteiger partial charge is 0.273 e. The van der Waals surface area contributed by atoms with E-state index in [4.69, 9.17) is 11.6 Å². The van der Waals surface area contributed by atoms with Gasteiger partial charge in [-0.05, 0) is 30.0 Å². The molecule has 1 fully saturated rings. The number of rotatable bonds is 5. The minimum Gasteiger partial charge on any atom is -0.273 e. The van der Waals surface area contributed by atoms with Crippen molar-refractivity contribution in [2.24, 2.45) is 5.92 Å². The SMILES string of the molecule is O=C(CCC1CCCCC1)NNC(=O)Cc1ccc(Cl)cc1. The first-order valence-electron chi connectivity index (χ1n) is 7.95. The molecule has 1 saturated carbocycles. The molecule has 22 heavy (non-hydrogen) atoms. The number of hydrogen-bond donors (Lipinski definition) is 2. The quantitative estimate of drug-likeness (QED) is 0.816. The maximum Gasteiger partial charge on any atom is 0.242 e. The normalized spacial score (nSPS) is 15.3. The molecule has 0 spiro atoms. The van der Waals surface area contributed by atoms with Gasteiger partial charge in [0.15, 0.2) is 0 Å². The molecule has 0 atom stereocenters. The van der Waals surface area contributed by atoms with Crippen LogP contribution in [-0.4, -0.2) is 11.8 Å². The van der Waals surface area contributed by atoms with E-state index in [9.17, 15) is 9.59 Å². The van der Waals surface area contributed by atoms with Crippen molar-refractivity contribution in [2.45, 2.75) is 51.4 Å². The van der Waals surface area contributed by atoms with E-state index >= 15 is 0 Å². The van der Waals surface area contributed by atoms with Gasteiger partial charge in [0.25, 0.3) is 0 Å². The summed E-state index contributed by atoms with van der Waals surface area (Å²) in [7, 11) is 0. The molecule has 0 bridgehead atoms. The van der Waals surface area contributed by atoms with Gasteiger partial charge in [-0.1, -0.05) is 55.8 Å². The Kier molecular flexibility index (Phi) is 6.72. The Morgan fingerprint density at radius 1 is 1.00 bits per heavy atom. The molecule has 0 saturated heterocycles.